The highest BCUT2D eigenvalue weighted by Gasteiger charge is 2.11. The maximum Gasteiger partial charge on any atom is 0.253 e. The third-order valence-electron chi connectivity index (χ3n) is 2.59. The van der Waals surface area contributed by atoms with Crippen molar-refractivity contribution in [3.8, 4) is 0 Å². The Morgan fingerprint density at radius 1 is 1.65 bits per heavy atom. The lowest BCUT2D eigenvalue weighted by molar-refractivity contribution is 0.0941. The van der Waals surface area contributed by atoms with Crippen LogP contribution in [0, 0.1) is 6.92 Å². The van der Waals surface area contributed by atoms with Crippen molar-refractivity contribution >= 4 is 16.9 Å². The largest absolute Gasteiger partial charge is 0.348 e. The molecule has 0 spiro atoms. The molecule has 0 fully saturated rings. The van der Waals surface area contributed by atoms with Crippen molar-refractivity contribution in [1.82, 2.24) is 20.5 Å². The average Bonchev–Trinajstić information content (AvgIpc) is 2.70. The molecule has 90 valence electrons. The van der Waals surface area contributed by atoms with E-state index < -0.39 is 0 Å². The summed E-state index contributed by atoms with van der Waals surface area (Å²) in [6, 6.07) is 1.73. The fourth-order valence-electron chi connectivity index (χ4n) is 1.51. The average molecular weight is 233 g/mol. The van der Waals surface area contributed by atoms with E-state index in [-0.39, 0.29) is 11.9 Å². The molecule has 0 saturated heterocycles. The predicted octanol–water partition coefficient (Wildman–Crippen LogP) is 0.343. The molecule has 6 heteroatoms. The number of aromatic nitrogens is 3. The highest BCUT2D eigenvalue weighted by atomic mass is 16.1. The van der Waals surface area contributed by atoms with Crippen LogP contribution >= 0.6 is 0 Å². The van der Waals surface area contributed by atoms with Crippen LogP contribution in [0.15, 0.2) is 12.3 Å². The molecule has 0 aliphatic carbocycles. The summed E-state index contributed by atoms with van der Waals surface area (Å²) in [5, 5.41) is 10.5. The summed E-state index contributed by atoms with van der Waals surface area (Å²) in [6.07, 6.45) is 1.52. The van der Waals surface area contributed by atoms with E-state index in [1.807, 2.05) is 13.8 Å². The van der Waals surface area contributed by atoms with E-state index in [4.69, 9.17) is 5.73 Å². The normalized spacial score (nSPS) is 12.6. The third kappa shape index (κ3) is 2.26. The van der Waals surface area contributed by atoms with Crippen LogP contribution in [0.25, 0.3) is 11.0 Å². The fraction of sp³-hybridized carbons (Fsp3) is 0.364. The lowest BCUT2D eigenvalue weighted by Crippen LogP contribution is -2.37. The molecule has 1 amide bonds. The van der Waals surface area contributed by atoms with Gasteiger partial charge in [0.1, 0.15) is 0 Å². The van der Waals surface area contributed by atoms with Gasteiger partial charge in [-0.3, -0.25) is 9.89 Å². The van der Waals surface area contributed by atoms with Crippen molar-refractivity contribution in [1.29, 1.82) is 0 Å². The van der Waals surface area contributed by atoms with Gasteiger partial charge < -0.3 is 11.1 Å². The molecule has 1 atom stereocenters. The maximum absolute atomic E-state index is 11.9. The number of pyridine rings is 1. The number of H-pyrrole nitrogens is 1. The molecule has 0 saturated carbocycles. The zero-order valence-electron chi connectivity index (χ0n) is 9.82. The first-order chi connectivity index (χ1) is 8.11. The number of hydrogen-bond donors (Lipinski definition) is 3. The van der Waals surface area contributed by atoms with Gasteiger partial charge in [0.15, 0.2) is 5.65 Å². The molecule has 0 aromatic carbocycles. The van der Waals surface area contributed by atoms with Gasteiger partial charge in [-0.15, -0.1) is 0 Å². The Labute approximate surface area is 98.6 Å². The molecular weight excluding hydrogens is 218 g/mol. The van der Waals surface area contributed by atoms with Crippen LogP contribution in [-0.2, 0) is 0 Å². The van der Waals surface area contributed by atoms with Crippen LogP contribution in [0.1, 0.15) is 23.0 Å². The number of hydrogen-bond acceptors (Lipinski definition) is 4. The van der Waals surface area contributed by atoms with Crippen LogP contribution in [0.3, 0.4) is 0 Å². The number of carbonyl (C=O) groups is 1. The zero-order chi connectivity index (χ0) is 12.4. The Kier molecular flexibility index (Phi) is 3.06. The SMILES string of the molecule is Cc1[nH]nc2ncc(C(=O)N[C@@H](C)CN)cc12. The van der Waals surface area contributed by atoms with E-state index >= 15 is 0 Å². The minimum atomic E-state index is -0.169. The van der Waals surface area contributed by atoms with E-state index in [9.17, 15) is 4.79 Å². The monoisotopic (exact) mass is 233 g/mol. The van der Waals surface area contributed by atoms with Gasteiger partial charge in [-0.25, -0.2) is 4.98 Å². The second-order valence-corrected chi connectivity index (χ2v) is 4.05. The van der Waals surface area contributed by atoms with Gasteiger partial charge in [-0.2, -0.15) is 5.10 Å². The van der Waals surface area contributed by atoms with Crippen LogP contribution in [0.2, 0.25) is 0 Å². The van der Waals surface area contributed by atoms with Crippen molar-refractivity contribution in [3.05, 3.63) is 23.5 Å². The standard InChI is InChI=1S/C11H15N5O/c1-6(4-12)14-11(17)8-3-9-7(2)15-16-10(9)13-5-8/h3,5-6H,4,12H2,1-2H3,(H,14,17)(H,13,15,16)/t6-/m0/s1. The first-order valence-corrected chi connectivity index (χ1v) is 5.43. The molecule has 0 aliphatic rings. The maximum atomic E-state index is 11.9. The molecule has 2 rings (SSSR count). The van der Waals surface area contributed by atoms with Crippen LogP contribution in [-0.4, -0.2) is 33.7 Å². The summed E-state index contributed by atoms with van der Waals surface area (Å²) in [4.78, 5) is 16.0. The molecule has 0 bridgehead atoms. The molecule has 2 aromatic rings. The van der Waals surface area contributed by atoms with Crippen LogP contribution in [0.4, 0.5) is 0 Å². The highest BCUT2D eigenvalue weighted by Crippen LogP contribution is 2.14. The Morgan fingerprint density at radius 3 is 3.12 bits per heavy atom. The zero-order valence-corrected chi connectivity index (χ0v) is 9.82. The molecule has 6 nitrogen and oxygen atoms in total. The molecular formula is C11H15N5O. The predicted molar refractivity (Wildman–Crippen MR) is 64.6 cm³/mol. The topological polar surface area (TPSA) is 96.7 Å². The first kappa shape index (κ1) is 11.5. The number of aromatic amines is 1. The minimum Gasteiger partial charge on any atom is -0.348 e. The number of carbonyl (C=O) groups excluding carboxylic acids is 1. The molecule has 4 N–H and O–H groups in total. The number of aryl methyl sites for hydroxylation is 1. The van der Waals surface area contributed by atoms with Crippen LogP contribution in [0.5, 0.6) is 0 Å². The Bertz CT molecular complexity index is 548. The number of amides is 1. The smallest absolute Gasteiger partial charge is 0.253 e. The van der Waals surface area contributed by atoms with Crippen molar-refractivity contribution < 1.29 is 4.79 Å². The molecule has 0 unspecified atom stereocenters. The van der Waals surface area contributed by atoms with E-state index in [0.29, 0.717) is 17.8 Å². The van der Waals surface area contributed by atoms with Crippen molar-refractivity contribution in [2.45, 2.75) is 19.9 Å². The van der Waals surface area contributed by atoms with Crippen molar-refractivity contribution in [3.63, 3.8) is 0 Å². The minimum absolute atomic E-state index is 0.0522. The van der Waals surface area contributed by atoms with Gasteiger partial charge in [0, 0.05) is 29.9 Å². The van der Waals surface area contributed by atoms with Gasteiger partial charge >= 0.3 is 0 Å². The summed E-state index contributed by atoms with van der Waals surface area (Å²) in [5.41, 5.74) is 7.48. The molecule has 2 heterocycles. The highest BCUT2D eigenvalue weighted by molar-refractivity contribution is 5.97. The lowest BCUT2D eigenvalue weighted by atomic mass is 10.2. The van der Waals surface area contributed by atoms with E-state index in [0.717, 1.165) is 11.1 Å². The molecule has 0 aliphatic heterocycles. The third-order valence-corrected chi connectivity index (χ3v) is 2.59. The van der Waals surface area contributed by atoms with E-state index in [1.54, 1.807) is 6.07 Å². The summed E-state index contributed by atoms with van der Waals surface area (Å²) in [6.45, 7) is 4.15. The second kappa shape index (κ2) is 4.50. The number of nitrogens with one attached hydrogen (secondary N) is 2. The summed E-state index contributed by atoms with van der Waals surface area (Å²) < 4.78 is 0. The molecule has 2 aromatic heterocycles. The summed E-state index contributed by atoms with van der Waals surface area (Å²) >= 11 is 0. The van der Waals surface area contributed by atoms with Gasteiger partial charge in [0.25, 0.3) is 5.91 Å². The Morgan fingerprint density at radius 2 is 2.41 bits per heavy atom. The first-order valence-electron chi connectivity index (χ1n) is 5.43. The van der Waals surface area contributed by atoms with Gasteiger partial charge in [-0.05, 0) is 19.9 Å². The number of rotatable bonds is 3. The van der Waals surface area contributed by atoms with Crippen molar-refractivity contribution in [2.75, 3.05) is 6.54 Å². The number of fused-ring (bicyclic) bond motifs is 1. The number of nitrogens with zero attached hydrogens (tertiary/aromatic N) is 2. The summed E-state index contributed by atoms with van der Waals surface area (Å²) in [7, 11) is 0. The second-order valence-electron chi connectivity index (χ2n) is 4.05. The summed E-state index contributed by atoms with van der Waals surface area (Å²) in [5.74, 6) is -0.169. The fourth-order valence-corrected chi connectivity index (χ4v) is 1.51. The Balaban J connectivity index is 2.29. The number of nitrogens with two attached hydrogens (primary N) is 1. The van der Waals surface area contributed by atoms with Gasteiger partial charge in [0.2, 0.25) is 0 Å². The van der Waals surface area contributed by atoms with E-state index in [2.05, 4.69) is 20.5 Å². The quantitative estimate of drug-likeness (QED) is 0.712. The molecule has 17 heavy (non-hydrogen) atoms. The lowest BCUT2D eigenvalue weighted by Gasteiger charge is -2.10. The van der Waals surface area contributed by atoms with Gasteiger partial charge in [0.05, 0.1) is 5.56 Å². The van der Waals surface area contributed by atoms with E-state index in [1.165, 1.54) is 6.20 Å². The van der Waals surface area contributed by atoms with Crippen molar-refractivity contribution in [2.24, 2.45) is 5.73 Å². The van der Waals surface area contributed by atoms with Gasteiger partial charge in [-0.1, -0.05) is 0 Å². The Hall–Kier alpha value is -1.95. The van der Waals surface area contributed by atoms with Crippen LogP contribution < -0.4 is 11.1 Å². The molecule has 0 radical (unpaired) electrons.